The van der Waals surface area contributed by atoms with E-state index in [4.69, 9.17) is 5.73 Å². The Balaban J connectivity index is 2.47. The van der Waals surface area contributed by atoms with Gasteiger partial charge in [0.15, 0.2) is 0 Å². The highest BCUT2D eigenvalue weighted by Crippen LogP contribution is 2.28. The molecule has 0 saturated heterocycles. The van der Waals surface area contributed by atoms with Gasteiger partial charge in [-0.05, 0) is 52.2 Å². The predicted octanol–water partition coefficient (Wildman–Crippen LogP) is 2.41. The van der Waals surface area contributed by atoms with Gasteiger partial charge >= 0.3 is 0 Å². The van der Waals surface area contributed by atoms with E-state index < -0.39 is 10.0 Å². The van der Waals surface area contributed by atoms with Crippen molar-refractivity contribution < 1.29 is 8.42 Å². The van der Waals surface area contributed by atoms with E-state index in [1.165, 1.54) is 6.20 Å². The van der Waals surface area contributed by atoms with Crippen molar-refractivity contribution in [2.45, 2.75) is 18.4 Å². The molecule has 5 nitrogen and oxygen atoms in total. The summed E-state index contributed by atoms with van der Waals surface area (Å²) in [5, 5.41) is 0. The molecule has 0 atom stereocenters. The van der Waals surface area contributed by atoms with Gasteiger partial charge < -0.3 is 5.73 Å². The van der Waals surface area contributed by atoms with Crippen LogP contribution >= 0.6 is 15.9 Å². The highest BCUT2D eigenvalue weighted by Gasteiger charge is 2.20. The van der Waals surface area contributed by atoms with E-state index in [0.717, 1.165) is 11.1 Å². The minimum atomic E-state index is -3.71. The van der Waals surface area contributed by atoms with Crippen molar-refractivity contribution in [3.63, 3.8) is 0 Å². The molecule has 7 heteroatoms. The van der Waals surface area contributed by atoms with Crippen LogP contribution in [-0.4, -0.2) is 13.4 Å². The summed E-state index contributed by atoms with van der Waals surface area (Å²) in [4.78, 5) is 4.11. The molecule has 106 valence electrons. The molecule has 2 aromatic rings. The zero-order valence-electron chi connectivity index (χ0n) is 10.8. The number of benzene rings is 1. The fourth-order valence-corrected chi connectivity index (χ4v) is 3.82. The van der Waals surface area contributed by atoms with Gasteiger partial charge in [0.2, 0.25) is 0 Å². The standard InChI is InChI=1S/C13H14BrN3O2S/c1-9-6-10(8-15)7-11(13(9)14)20(18,19)17-12-4-2-3-5-16-12/h2-7H,8,15H2,1H3,(H,16,17). The fourth-order valence-electron chi connectivity index (χ4n) is 1.74. The Morgan fingerprint density at radius 3 is 2.70 bits per heavy atom. The smallest absolute Gasteiger partial charge is 0.264 e. The predicted molar refractivity (Wildman–Crippen MR) is 81.8 cm³/mol. The summed E-state index contributed by atoms with van der Waals surface area (Å²) in [5.74, 6) is 0.273. The first-order valence-electron chi connectivity index (χ1n) is 5.87. The molecule has 0 aliphatic carbocycles. The van der Waals surface area contributed by atoms with Gasteiger partial charge in [-0.15, -0.1) is 0 Å². The van der Waals surface area contributed by atoms with Crippen LogP contribution < -0.4 is 10.5 Å². The van der Waals surface area contributed by atoms with Gasteiger partial charge in [-0.2, -0.15) is 0 Å². The molecule has 0 bridgehead atoms. The normalized spacial score (nSPS) is 11.3. The number of nitrogens with zero attached hydrogens (tertiary/aromatic N) is 1. The van der Waals surface area contributed by atoms with Crippen molar-refractivity contribution in [2.75, 3.05) is 4.72 Å². The maximum absolute atomic E-state index is 12.4. The maximum atomic E-state index is 12.4. The van der Waals surface area contributed by atoms with Crippen molar-refractivity contribution >= 4 is 31.8 Å². The average Bonchev–Trinajstić information content (AvgIpc) is 2.42. The molecule has 0 unspecified atom stereocenters. The number of anilines is 1. The summed E-state index contributed by atoms with van der Waals surface area (Å²) >= 11 is 3.31. The quantitative estimate of drug-likeness (QED) is 0.881. The van der Waals surface area contributed by atoms with Crippen LogP contribution in [0.2, 0.25) is 0 Å². The number of aromatic nitrogens is 1. The second-order valence-corrected chi connectivity index (χ2v) is 6.69. The number of halogens is 1. The second-order valence-electron chi connectivity index (χ2n) is 4.25. The lowest BCUT2D eigenvalue weighted by Gasteiger charge is -2.12. The maximum Gasteiger partial charge on any atom is 0.264 e. The Morgan fingerprint density at radius 1 is 1.35 bits per heavy atom. The van der Waals surface area contributed by atoms with Crippen LogP contribution in [0, 0.1) is 6.92 Å². The third kappa shape index (κ3) is 3.17. The first-order chi connectivity index (χ1) is 9.44. The second kappa shape index (κ2) is 5.90. The van der Waals surface area contributed by atoms with E-state index in [1.807, 2.05) is 13.0 Å². The molecule has 0 aliphatic heterocycles. The lowest BCUT2D eigenvalue weighted by molar-refractivity contribution is 0.600. The number of nitrogens with two attached hydrogens (primary N) is 1. The summed E-state index contributed by atoms with van der Waals surface area (Å²) in [6.45, 7) is 2.10. The molecule has 0 fully saturated rings. The minimum Gasteiger partial charge on any atom is -0.326 e. The van der Waals surface area contributed by atoms with Crippen molar-refractivity contribution in [2.24, 2.45) is 5.73 Å². The van der Waals surface area contributed by atoms with Crippen molar-refractivity contribution in [1.29, 1.82) is 0 Å². The number of aryl methyl sites for hydroxylation is 1. The third-order valence-corrected chi connectivity index (χ3v) is 5.40. The van der Waals surface area contributed by atoms with Crippen molar-refractivity contribution in [3.8, 4) is 0 Å². The molecule has 3 N–H and O–H groups in total. The summed E-state index contributed by atoms with van der Waals surface area (Å²) in [7, 11) is -3.71. The SMILES string of the molecule is Cc1cc(CN)cc(S(=O)(=O)Nc2ccccn2)c1Br. The van der Waals surface area contributed by atoms with E-state index in [9.17, 15) is 8.42 Å². The third-order valence-electron chi connectivity index (χ3n) is 2.71. The van der Waals surface area contributed by atoms with Crippen LogP contribution in [0.25, 0.3) is 0 Å². The number of sulfonamides is 1. The van der Waals surface area contributed by atoms with Gasteiger partial charge in [0.1, 0.15) is 10.7 Å². The van der Waals surface area contributed by atoms with Crippen LogP contribution in [0.3, 0.4) is 0 Å². The van der Waals surface area contributed by atoms with E-state index in [0.29, 0.717) is 4.47 Å². The molecule has 0 aliphatic rings. The highest BCUT2D eigenvalue weighted by atomic mass is 79.9. The van der Waals surface area contributed by atoms with Crippen LogP contribution in [0.4, 0.5) is 5.82 Å². The molecule has 0 saturated carbocycles. The number of rotatable bonds is 4. The first kappa shape index (κ1) is 15.0. The van der Waals surface area contributed by atoms with Gasteiger partial charge in [0, 0.05) is 17.2 Å². The molecule has 0 amide bonds. The molecular weight excluding hydrogens is 342 g/mol. The number of hydrogen-bond donors (Lipinski definition) is 2. The summed E-state index contributed by atoms with van der Waals surface area (Å²) in [6.07, 6.45) is 1.52. The zero-order chi connectivity index (χ0) is 14.8. The number of pyridine rings is 1. The molecule has 20 heavy (non-hydrogen) atoms. The fraction of sp³-hybridized carbons (Fsp3) is 0.154. The van der Waals surface area contributed by atoms with E-state index in [-0.39, 0.29) is 17.3 Å². The molecule has 0 spiro atoms. The topological polar surface area (TPSA) is 85.1 Å². The van der Waals surface area contributed by atoms with E-state index in [2.05, 4.69) is 25.6 Å². The molecule has 1 aromatic carbocycles. The number of nitrogens with one attached hydrogen (secondary N) is 1. The van der Waals surface area contributed by atoms with Crippen LogP contribution in [-0.2, 0) is 16.6 Å². The van der Waals surface area contributed by atoms with Crippen molar-refractivity contribution in [1.82, 2.24) is 4.98 Å². The Labute approximate surface area is 126 Å². The Bertz CT molecular complexity index is 718. The Hall–Kier alpha value is -1.44. The monoisotopic (exact) mass is 355 g/mol. The van der Waals surface area contributed by atoms with Gasteiger partial charge in [-0.25, -0.2) is 13.4 Å². The molecule has 1 heterocycles. The lowest BCUT2D eigenvalue weighted by Crippen LogP contribution is -2.15. The first-order valence-corrected chi connectivity index (χ1v) is 8.14. The molecule has 0 radical (unpaired) electrons. The Morgan fingerprint density at radius 2 is 2.10 bits per heavy atom. The van der Waals surface area contributed by atoms with Crippen molar-refractivity contribution in [3.05, 3.63) is 52.1 Å². The summed E-state index contributed by atoms with van der Waals surface area (Å²) < 4.78 is 27.8. The van der Waals surface area contributed by atoms with Gasteiger partial charge in [-0.1, -0.05) is 12.1 Å². The van der Waals surface area contributed by atoms with Crippen LogP contribution in [0.1, 0.15) is 11.1 Å². The highest BCUT2D eigenvalue weighted by molar-refractivity contribution is 9.10. The molecule has 2 rings (SSSR count). The van der Waals surface area contributed by atoms with Gasteiger partial charge in [0.25, 0.3) is 10.0 Å². The zero-order valence-corrected chi connectivity index (χ0v) is 13.2. The van der Waals surface area contributed by atoms with Crippen LogP contribution in [0.5, 0.6) is 0 Å². The number of hydrogen-bond acceptors (Lipinski definition) is 4. The average molecular weight is 356 g/mol. The van der Waals surface area contributed by atoms with E-state index in [1.54, 1.807) is 24.3 Å². The molecular formula is C13H14BrN3O2S. The van der Waals surface area contributed by atoms with Gasteiger partial charge in [0.05, 0.1) is 0 Å². The van der Waals surface area contributed by atoms with E-state index >= 15 is 0 Å². The molecule has 1 aromatic heterocycles. The summed E-state index contributed by atoms with van der Waals surface area (Å²) in [6, 6.07) is 8.42. The minimum absolute atomic E-state index is 0.156. The van der Waals surface area contributed by atoms with Crippen LogP contribution in [0.15, 0.2) is 45.9 Å². The lowest BCUT2D eigenvalue weighted by atomic mass is 10.1. The largest absolute Gasteiger partial charge is 0.326 e. The summed E-state index contributed by atoms with van der Waals surface area (Å²) in [5.41, 5.74) is 7.16. The Kier molecular flexibility index (Phi) is 4.42. The van der Waals surface area contributed by atoms with Gasteiger partial charge in [-0.3, -0.25) is 4.72 Å².